The zero-order chi connectivity index (χ0) is 20.3. The summed E-state index contributed by atoms with van der Waals surface area (Å²) in [6, 6.07) is 10.7. The van der Waals surface area contributed by atoms with E-state index in [1.54, 1.807) is 44.6 Å². The normalized spacial score (nSPS) is 13.6. The average molecular weight is 404 g/mol. The van der Waals surface area contributed by atoms with Gasteiger partial charge < -0.3 is 14.8 Å². The Bertz CT molecular complexity index is 988. The number of carbonyl (C=O) groups is 1. The van der Waals surface area contributed by atoms with E-state index in [9.17, 15) is 13.2 Å². The first kappa shape index (κ1) is 20.0. The first-order chi connectivity index (χ1) is 13.3. The molecule has 1 N–H and O–H groups in total. The van der Waals surface area contributed by atoms with Crippen LogP contribution in [0.3, 0.4) is 0 Å². The van der Waals surface area contributed by atoms with Crippen molar-refractivity contribution in [1.29, 1.82) is 0 Å². The number of fused-ring (bicyclic) bond motifs is 1. The summed E-state index contributed by atoms with van der Waals surface area (Å²) in [6.07, 6.45) is 2.96. The fourth-order valence-corrected chi connectivity index (χ4v) is 4.33. The van der Waals surface area contributed by atoms with Crippen LogP contribution in [0.15, 0.2) is 36.4 Å². The van der Waals surface area contributed by atoms with Crippen LogP contribution in [0.5, 0.6) is 11.5 Å². The van der Waals surface area contributed by atoms with Crippen molar-refractivity contribution in [2.75, 3.05) is 36.6 Å². The molecular formula is C20H24N2O5S. The number of aryl methyl sites for hydroxylation is 1. The molecule has 0 spiro atoms. The summed E-state index contributed by atoms with van der Waals surface area (Å²) in [4.78, 5) is 12.5. The summed E-state index contributed by atoms with van der Waals surface area (Å²) in [6.45, 7) is 0.453. The standard InChI is InChI=1S/C20H24N2O5S/c1-26-18-9-6-14(11-19(18)27-2)12-20(23)21-16-8-7-15-5-4-10-22(17(15)13-16)28(3,24)25/h6-9,11,13H,4-5,10,12H2,1-3H3,(H,21,23). The zero-order valence-corrected chi connectivity index (χ0v) is 17.0. The van der Waals surface area contributed by atoms with Crippen molar-refractivity contribution >= 4 is 27.3 Å². The molecule has 1 aliphatic rings. The van der Waals surface area contributed by atoms with Gasteiger partial charge in [0.05, 0.1) is 32.6 Å². The lowest BCUT2D eigenvalue weighted by Crippen LogP contribution is -2.34. The lowest BCUT2D eigenvalue weighted by Gasteiger charge is -2.29. The topological polar surface area (TPSA) is 84.9 Å². The van der Waals surface area contributed by atoms with E-state index in [4.69, 9.17) is 9.47 Å². The molecule has 0 unspecified atom stereocenters. The van der Waals surface area contributed by atoms with E-state index in [0.717, 1.165) is 24.0 Å². The smallest absolute Gasteiger partial charge is 0.232 e. The van der Waals surface area contributed by atoms with Gasteiger partial charge in [-0.05, 0) is 48.2 Å². The fraction of sp³-hybridized carbons (Fsp3) is 0.350. The third-order valence-electron chi connectivity index (χ3n) is 4.66. The van der Waals surface area contributed by atoms with E-state index in [1.807, 2.05) is 6.07 Å². The Morgan fingerprint density at radius 1 is 1.11 bits per heavy atom. The fourth-order valence-electron chi connectivity index (χ4n) is 3.34. The van der Waals surface area contributed by atoms with Gasteiger partial charge in [-0.15, -0.1) is 0 Å². The molecule has 2 aromatic rings. The van der Waals surface area contributed by atoms with Crippen molar-refractivity contribution in [3.05, 3.63) is 47.5 Å². The first-order valence-electron chi connectivity index (χ1n) is 8.93. The number of hydrogen-bond acceptors (Lipinski definition) is 5. The monoisotopic (exact) mass is 404 g/mol. The van der Waals surface area contributed by atoms with Crippen molar-refractivity contribution < 1.29 is 22.7 Å². The maximum atomic E-state index is 12.5. The molecule has 0 saturated carbocycles. The predicted molar refractivity (Wildman–Crippen MR) is 109 cm³/mol. The highest BCUT2D eigenvalue weighted by molar-refractivity contribution is 7.92. The highest BCUT2D eigenvalue weighted by atomic mass is 32.2. The van der Waals surface area contributed by atoms with Gasteiger partial charge in [-0.3, -0.25) is 9.10 Å². The Hall–Kier alpha value is -2.74. The molecular weight excluding hydrogens is 380 g/mol. The van der Waals surface area contributed by atoms with Crippen LogP contribution in [0.2, 0.25) is 0 Å². The molecule has 1 aliphatic heterocycles. The molecule has 0 saturated heterocycles. The van der Waals surface area contributed by atoms with Gasteiger partial charge in [0.15, 0.2) is 11.5 Å². The number of benzene rings is 2. The second kappa shape index (κ2) is 8.10. The summed E-state index contributed by atoms with van der Waals surface area (Å²) in [5.41, 5.74) is 2.96. The average Bonchev–Trinajstić information content (AvgIpc) is 2.66. The number of ether oxygens (including phenoxy) is 2. The molecule has 7 nitrogen and oxygen atoms in total. The van der Waals surface area contributed by atoms with Crippen LogP contribution in [-0.4, -0.2) is 41.3 Å². The highest BCUT2D eigenvalue weighted by Crippen LogP contribution is 2.32. The highest BCUT2D eigenvalue weighted by Gasteiger charge is 2.24. The van der Waals surface area contributed by atoms with Crippen LogP contribution >= 0.6 is 0 Å². The summed E-state index contributed by atoms with van der Waals surface area (Å²) in [7, 11) is -0.253. The number of nitrogens with zero attached hydrogens (tertiary/aromatic N) is 1. The Balaban J connectivity index is 1.76. The molecule has 28 heavy (non-hydrogen) atoms. The third-order valence-corrected chi connectivity index (χ3v) is 5.84. The van der Waals surface area contributed by atoms with E-state index in [0.29, 0.717) is 29.4 Å². The molecule has 8 heteroatoms. The molecule has 1 heterocycles. The minimum Gasteiger partial charge on any atom is -0.493 e. The van der Waals surface area contributed by atoms with Crippen molar-refractivity contribution in [2.45, 2.75) is 19.3 Å². The van der Waals surface area contributed by atoms with Crippen molar-refractivity contribution in [3.63, 3.8) is 0 Å². The van der Waals surface area contributed by atoms with Crippen LogP contribution in [0.1, 0.15) is 17.5 Å². The number of carbonyl (C=O) groups excluding carboxylic acids is 1. The maximum Gasteiger partial charge on any atom is 0.232 e. The third kappa shape index (κ3) is 4.39. The molecule has 0 aliphatic carbocycles. The molecule has 0 radical (unpaired) electrons. The second-order valence-electron chi connectivity index (χ2n) is 6.70. The van der Waals surface area contributed by atoms with E-state index >= 15 is 0 Å². The molecule has 150 valence electrons. The molecule has 0 aromatic heterocycles. The molecule has 2 aromatic carbocycles. The van der Waals surface area contributed by atoms with Crippen molar-refractivity contribution in [1.82, 2.24) is 0 Å². The second-order valence-corrected chi connectivity index (χ2v) is 8.60. The zero-order valence-electron chi connectivity index (χ0n) is 16.2. The minimum absolute atomic E-state index is 0.160. The van der Waals surface area contributed by atoms with E-state index < -0.39 is 10.0 Å². The lowest BCUT2D eigenvalue weighted by molar-refractivity contribution is -0.115. The Kier molecular flexibility index (Phi) is 5.79. The Morgan fingerprint density at radius 3 is 2.54 bits per heavy atom. The van der Waals surface area contributed by atoms with E-state index in [1.165, 1.54) is 10.6 Å². The van der Waals surface area contributed by atoms with Gasteiger partial charge in [0, 0.05) is 12.2 Å². The van der Waals surface area contributed by atoms with Gasteiger partial charge in [0.25, 0.3) is 0 Å². The summed E-state index contributed by atoms with van der Waals surface area (Å²) in [5, 5.41) is 2.85. The van der Waals surface area contributed by atoms with E-state index in [-0.39, 0.29) is 12.3 Å². The predicted octanol–water partition coefficient (Wildman–Crippen LogP) is 2.60. The van der Waals surface area contributed by atoms with E-state index in [2.05, 4.69) is 5.32 Å². The van der Waals surface area contributed by atoms with Crippen LogP contribution < -0.4 is 19.1 Å². The summed E-state index contributed by atoms with van der Waals surface area (Å²) >= 11 is 0. The maximum absolute atomic E-state index is 12.5. The number of rotatable bonds is 6. The van der Waals surface area contributed by atoms with Crippen LogP contribution in [-0.2, 0) is 27.7 Å². The SMILES string of the molecule is COc1ccc(CC(=O)Nc2ccc3c(c2)N(S(C)(=O)=O)CCC3)cc1OC. The molecule has 1 amide bonds. The number of methoxy groups -OCH3 is 2. The van der Waals surface area contributed by atoms with Gasteiger partial charge >= 0.3 is 0 Å². The van der Waals surface area contributed by atoms with Crippen molar-refractivity contribution in [2.24, 2.45) is 0 Å². The molecule has 0 bridgehead atoms. The first-order valence-corrected chi connectivity index (χ1v) is 10.8. The van der Waals surface area contributed by atoms with Gasteiger partial charge in [0.1, 0.15) is 0 Å². The van der Waals surface area contributed by atoms with Crippen LogP contribution in [0, 0.1) is 0 Å². The van der Waals surface area contributed by atoms with Gasteiger partial charge in [-0.25, -0.2) is 8.42 Å². The number of anilines is 2. The molecule has 3 rings (SSSR count). The number of amides is 1. The van der Waals surface area contributed by atoms with Crippen LogP contribution in [0.4, 0.5) is 11.4 Å². The lowest BCUT2D eigenvalue weighted by atomic mass is 10.0. The number of nitrogens with one attached hydrogen (secondary N) is 1. The summed E-state index contributed by atoms with van der Waals surface area (Å²) < 4.78 is 36.0. The minimum atomic E-state index is -3.35. The van der Waals surface area contributed by atoms with Gasteiger partial charge in [-0.2, -0.15) is 0 Å². The van der Waals surface area contributed by atoms with Crippen LogP contribution in [0.25, 0.3) is 0 Å². The Morgan fingerprint density at radius 2 is 1.86 bits per heavy atom. The summed E-state index contributed by atoms with van der Waals surface area (Å²) in [5.74, 6) is 0.960. The molecule has 0 fully saturated rings. The number of hydrogen-bond donors (Lipinski definition) is 1. The number of sulfonamides is 1. The largest absolute Gasteiger partial charge is 0.493 e. The van der Waals surface area contributed by atoms with Crippen molar-refractivity contribution in [3.8, 4) is 11.5 Å². The van der Waals surface area contributed by atoms with Gasteiger partial charge in [0.2, 0.25) is 15.9 Å². The Labute approximate surface area is 165 Å². The van der Waals surface area contributed by atoms with Gasteiger partial charge in [-0.1, -0.05) is 12.1 Å². The quantitative estimate of drug-likeness (QED) is 0.800. The molecule has 0 atom stereocenters.